The van der Waals surface area contributed by atoms with Crippen LogP contribution in [0.2, 0.25) is 0 Å². The minimum atomic E-state index is -3.03. The summed E-state index contributed by atoms with van der Waals surface area (Å²) >= 11 is 0. The number of hydrogen-bond donors (Lipinski definition) is 2. The Morgan fingerprint density at radius 3 is 2.77 bits per heavy atom. The van der Waals surface area contributed by atoms with Gasteiger partial charge in [0.1, 0.15) is 6.54 Å². The van der Waals surface area contributed by atoms with Gasteiger partial charge in [-0.25, -0.2) is 8.42 Å². The molecule has 166 valence electrons. The van der Waals surface area contributed by atoms with Gasteiger partial charge in [-0.15, -0.1) is 0 Å². The molecule has 1 aromatic rings. The molecule has 12 heteroatoms. The molecule has 2 N–H and O–H groups in total. The Kier molecular flexibility index (Phi) is 6.95. The lowest BCUT2D eigenvalue weighted by Gasteiger charge is -2.35. The normalized spacial score (nSPS) is 21.7. The first kappa shape index (κ1) is 22.1. The Balaban J connectivity index is 1.52. The van der Waals surface area contributed by atoms with Crippen LogP contribution in [0.5, 0.6) is 0 Å². The number of amides is 2. The summed E-state index contributed by atoms with van der Waals surface area (Å²) in [6.45, 7) is 4.15. The van der Waals surface area contributed by atoms with E-state index in [2.05, 4.69) is 20.7 Å². The van der Waals surface area contributed by atoms with E-state index in [4.69, 9.17) is 0 Å². The van der Waals surface area contributed by atoms with Gasteiger partial charge in [0.25, 0.3) is 0 Å². The molecule has 11 nitrogen and oxygen atoms in total. The molecule has 0 bridgehead atoms. The van der Waals surface area contributed by atoms with E-state index in [9.17, 15) is 18.0 Å². The third-order valence-corrected chi connectivity index (χ3v) is 6.82. The molecule has 0 aliphatic carbocycles. The molecule has 2 saturated heterocycles. The second-order valence-corrected chi connectivity index (χ2v) is 9.72. The highest BCUT2D eigenvalue weighted by molar-refractivity contribution is 7.91. The summed E-state index contributed by atoms with van der Waals surface area (Å²) in [5, 5.41) is 10.0. The first-order valence-electron chi connectivity index (χ1n) is 10.1. The smallest absolute Gasteiger partial charge is 0.246 e. The molecule has 1 aromatic heterocycles. The predicted octanol–water partition coefficient (Wildman–Crippen LogP) is -1.27. The van der Waals surface area contributed by atoms with E-state index in [1.54, 1.807) is 22.0 Å². The fourth-order valence-corrected chi connectivity index (χ4v) is 5.25. The monoisotopic (exact) mass is 439 g/mol. The Morgan fingerprint density at radius 2 is 2.17 bits per heavy atom. The van der Waals surface area contributed by atoms with E-state index in [-0.39, 0.29) is 48.9 Å². The molecule has 1 unspecified atom stereocenters. The molecule has 2 aliphatic rings. The van der Waals surface area contributed by atoms with E-state index >= 15 is 0 Å². The molecular formula is C18H29N7O4S. The van der Waals surface area contributed by atoms with Crippen molar-refractivity contribution in [2.75, 3.05) is 49.1 Å². The minimum Gasteiger partial charge on any atom is -0.357 e. The number of hydrogen-bond acceptors (Lipinski definition) is 6. The van der Waals surface area contributed by atoms with Crippen LogP contribution in [0.4, 0.5) is 5.69 Å². The van der Waals surface area contributed by atoms with Crippen LogP contribution in [0.3, 0.4) is 0 Å². The Hall–Kier alpha value is -2.63. The number of nitrogens with one attached hydrogen (secondary N) is 2. The highest BCUT2D eigenvalue weighted by atomic mass is 32.2. The molecule has 0 aromatic carbocycles. The number of anilines is 1. The molecule has 2 fully saturated rings. The number of aryl methyl sites for hydroxylation is 1. The van der Waals surface area contributed by atoms with Crippen molar-refractivity contribution >= 4 is 33.3 Å². The molecule has 0 spiro atoms. The molecule has 2 amide bonds. The first-order valence-corrected chi connectivity index (χ1v) is 11.9. The third-order valence-electron chi connectivity index (χ3n) is 5.06. The molecule has 2 aliphatic heterocycles. The summed E-state index contributed by atoms with van der Waals surface area (Å²) in [4.78, 5) is 32.8. The van der Waals surface area contributed by atoms with E-state index in [0.29, 0.717) is 32.0 Å². The van der Waals surface area contributed by atoms with Crippen LogP contribution in [0.25, 0.3) is 0 Å². The van der Waals surface area contributed by atoms with Gasteiger partial charge >= 0.3 is 0 Å². The fourth-order valence-electron chi connectivity index (χ4n) is 3.57. The summed E-state index contributed by atoms with van der Waals surface area (Å²) in [6, 6.07) is -0.308. The number of aliphatic imine (C=N–C) groups is 1. The SMILES string of the molecule is CCNC(=NCCC(=O)NC1CCS(=O)(=O)C1)N1CCN(c2cnn(C)c2)C(=O)C1. The summed E-state index contributed by atoms with van der Waals surface area (Å²) in [6.07, 6.45) is 4.10. The fraction of sp³-hybridized carbons (Fsp3) is 0.667. The Labute approximate surface area is 176 Å². The molecule has 1 atom stereocenters. The van der Waals surface area contributed by atoms with Gasteiger partial charge in [0.2, 0.25) is 11.8 Å². The molecule has 0 saturated carbocycles. The van der Waals surface area contributed by atoms with Crippen LogP contribution in [-0.2, 0) is 26.5 Å². The van der Waals surface area contributed by atoms with Crippen molar-refractivity contribution in [3.05, 3.63) is 12.4 Å². The van der Waals surface area contributed by atoms with Gasteiger partial charge in [-0.1, -0.05) is 0 Å². The zero-order chi connectivity index (χ0) is 21.7. The van der Waals surface area contributed by atoms with Crippen molar-refractivity contribution in [1.29, 1.82) is 0 Å². The lowest BCUT2D eigenvalue weighted by atomic mass is 10.2. The van der Waals surface area contributed by atoms with Crippen molar-refractivity contribution < 1.29 is 18.0 Å². The summed E-state index contributed by atoms with van der Waals surface area (Å²) in [5.41, 5.74) is 0.773. The van der Waals surface area contributed by atoms with Gasteiger partial charge in [-0.2, -0.15) is 5.10 Å². The predicted molar refractivity (Wildman–Crippen MR) is 113 cm³/mol. The maximum atomic E-state index is 12.6. The topological polar surface area (TPSA) is 129 Å². The molecule has 30 heavy (non-hydrogen) atoms. The van der Waals surface area contributed by atoms with E-state index in [0.717, 1.165) is 5.69 Å². The quantitative estimate of drug-likeness (QED) is 0.418. The Morgan fingerprint density at radius 1 is 1.37 bits per heavy atom. The maximum absolute atomic E-state index is 12.6. The van der Waals surface area contributed by atoms with E-state index in [1.165, 1.54) is 0 Å². The van der Waals surface area contributed by atoms with Gasteiger partial charge in [0.15, 0.2) is 15.8 Å². The van der Waals surface area contributed by atoms with Gasteiger partial charge in [0.05, 0.1) is 29.9 Å². The number of carbonyl (C=O) groups excluding carboxylic acids is 2. The van der Waals surface area contributed by atoms with Crippen LogP contribution in [0.1, 0.15) is 19.8 Å². The van der Waals surface area contributed by atoms with Gasteiger partial charge in [0, 0.05) is 45.3 Å². The number of rotatable bonds is 6. The lowest BCUT2D eigenvalue weighted by molar-refractivity contribution is -0.121. The van der Waals surface area contributed by atoms with Crippen molar-refractivity contribution in [1.82, 2.24) is 25.3 Å². The average Bonchev–Trinajstić information content (AvgIpc) is 3.25. The highest BCUT2D eigenvalue weighted by Gasteiger charge is 2.29. The zero-order valence-corrected chi connectivity index (χ0v) is 18.2. The molecule has 3 heterocycles. The van der Waals surface area contributed by atoms with E-state index in [1.807, 2.05) is 18.9 Å². The number of guanidine groups is 1. The number of sulfone groups is 1. The summed E-state index contributed by atoms with van der Waals surface area (Å²) < 4.78 is 24.6. The number of piperazine rings is 1. The van der Waals surface area contributed by atoms with Crippen LogP contribution < -0.4 is 15.5 Å². The van der Waals surface area contributed by atoms with Crippen LogP contribution in [-0.4, -0.2) is 91.1 Å². The largest absolute Gasteiger partial charge is 0.357 e. The number of carbonyl (C=O) groups is 2. The minimum absolute atomic E-state index is 0.00791. The lowest BCUT2D eigenvalue weighted by Crippen LogP contribution is -2.55. The third kappa shape index (κ3) is 5.71. The Bertz CT molecular complexity index is 911. The second kappa shape index (κ2) is 9.45. The molecule has 3 rings (SSSR count). The maximum Gasteiger partial charge on any atom is 0.246 e. The molecule has 0 radical (unpaired) electrons. The summed E-state index contributed by atoms with van der Waals surface area (Å²) in [7, 11) is -1.22. The number of aromatic nitrogens is 2. The highest BCUT2D eigenvalue weighted by Crippen LogP contribution is 2.16. The standard InChI is InChI=1S/C18H29N7O4S/c1-3-19-18(20-6-4-16(26)22-14-5-9-30(28,29)13-14)24-7-8-25(17(27)12-24)15-10-21-23(2)11-15/h10-11,14H,3-9,12-13H2,1-2H3,(H,19,20)(H,22,26). The summed E-state index contributed by atoms with van der Waals surface area (Å²) in [5.74, 6) is 0.468. The van der Waals surface area contributed by atoms with E-state index < -0.39 is 9.84 Å². The average molecular weight is 440 g/mol. The second-order valence-electron chi connectivity index (χ2n) is 7.49. The van der Waals surface area contributed by atoms with Crippen molar-refractivity contribution in [3.63, 3.8) is 0 Å². The van der Waals surface area contributed by atoms with Crippen molar-refractivity contribution in [3.8, 4) is 0 Å². The van der Waals surface area contributed by atoms with Crippen LogP contribution >= 0.6 is 0 Å². The van der Waals surface area contributed by atoms with Gasteiger partial charge < -0.3 is 20.4 Å². The molecular weight excluding hydrogens is 410 g/mol. The van der Waals surface area contributed by atoms with Crippen molar-refractivity contribution in [2.45, 2.75) is 25.8 Å². The van der Waals surface area contributed by atoms with Gasteiger partial charge in [-0.3, -0.25) is 19.3 Å². The van der Waals surface area contributed by atoms with Crippen LogP contribution in [0.15, 0.2) is 17.4 Å². The van der Waals surface area contributed by atoms with Crippen molar-refractivity contribution in [2.24, 2.45) is 12.0 Å². The van der Waals surface area contributed by atoms with Crippen LogP contribution in [0, 0.1) is 0 Å². The zero-order valence-electron chi connectivity index (χ0n) is 17.4. The number of nitrogens with zero attached hydrogens (tertiary/aromatic N) is 5. The first-order chi connectivity index (χ1) is 14.3. The van der Waals surface area contributed by atoms with Gasteiger partial charge in [-0.05, 0) is 13.3 Å².